The second kappa shape index (κ2) is 9.06. The Balaban J connectivity index is 1.69. The summed E-state index contributed by atoms with van der Waals surface area (Å²) < 4.78 is 28.4. The summed E-state index contributed by atoms with van der Waals surface area (Å²) >= 11 is 0. The van der Waals surface area contributed by atoms with Gasteiger partial charge in [-0.3, -0.25) is 9.59 Å². The van der Waals surface area contributed by atoms with Crippen LogP contribution in [0.3, 0.4) is 0 Å². The highest BCUT2D eigenvalue weighted by Gasteiger charge is 2.46. The molecule has 1 unspecified atom stereocenters. The Bertz CT molecular complexity index is 1210. The van der Waals surface area contributed by atoms with Crippen LogP contribution >= 0.6 is 0 Å². The fourth-order valence-corrected chi connectivity index (χ4v) is 5.44. The van der Waals surface area contributed by atoms with Gasteiger partial charge in [-0.2, -0.15) is 4.31 Å². The van der Waals surface area contributed by atoms with Crippen LogP contribution in [0.25, 0.3) is 0 Å². The largest absolute Gasteiger partial charge is 0.274 e. The van der Waals surface area contributed by atoms with Crippen LogP contribution in [0.2, 0.25) is 0 Å². The van der Waals surface area contributed by atoms with Gasteiger partial charge in [0.2, 0.25) is 15.9 Å². The number of amides is 2. The summed E-state index contributed by atoms with van der Waals surface area (Å²) in [7, 11) is -4.00. The number of hydrogen-bond acceptors (Lipinski definition) is 4. The van der Waals surface area contributed by atoms with Crippen LogP contribution in [0, 0.1) is 6.92 Å². The molecule has 1 fully saturated rings. The minimum absolute atomic E-state index is 0.0898. The number of carbonyl (C=O) groups is 2. The molecule has 1 heterocycles. The van der Waals surface area contributed by atoms with Gasteiger partial charge in [-0.25, -0.2) is 13.3 Å². The van der Waals surface area contributed by atoms with Gasteiger partial charge >= 0.3 is 0 Å². The number of rotatable bonds is 7. The molecule has 1 saturated heterocycles. The maximum absolute atomic E-state index is 13.6. The van der Waals surface area contributed by atoms with Crippen LogP contribution < -0.4 is 4.90 Å². The lowest BCUT2D eigenvalue weighted by molar-refractivity contribution is -0.122. The molecule has 2 amide bonds. The maximum atomic E-state index is 13.6. The van der Waals surface area contributed by atoms with Crippen LogP contribution in [0.5, 0.6) is 0 Å². The molecule has 0 radical (unpaired) electrons. The molecule has 6 nitrogen and oxygen atoms in total. The van der Waals surface area contributed by atoms with Crippen molar-refractivity contribution in [1.29, 1.82) is 0 Å². The van der Waals surface area contributed by atoms with E-state index >= 15 is 0 Å². The predicted octanol–water partition coefficient (Wildman–Crippen LogP) is 3.56. The monoisotopic (exact) mass is 448 g/mol. The minimum Gasteiger partial charge on any atom is -0.274 e. The van der Waals surface area contributed by atoms with Gasteiger partial charge in [0.25, 0.3) is 5.91 Å². The first kappa shape index (κ1) is 21.9. The number of para-hydroxylation sites is 1. The van der Waals surface area contributed by atoms with Crippen molar-refractivity contribution in [1.82, 2.24) is 4.31 Å². The van der Waals surface area contributed by atoms with Crippen LogP contribution in [-0.4, -0.2) is 37.1 Å². The number of nitrogens with zero attached hydrogens (tertiary/aromatic N) is 2. The lowest BCUT2D eigenvalue weighted by atomic mass is 10.1. The van der Waals surface area contributed by atoms with Gasteiger partial charge in [0, 0.05) is 6.54 Å². The van der Waals surface area contributed by atoms with Crippen molar-refractivity contribution in [2.45, 2.75) is 30.7 Å². The van der Waals surface area contributed by atoms with Crippen LogP contribution in [0.4, 0.5) is 5.69 Å². The van der Waals surface area contributed by atoms with Gasteiger partial charge in [-0.05, 0) is 43.2 Å². The van der Waals surface area contributed by atoms with E-state index in [0.717, 1.165) is 16.0 Å². The van der Waals surface area contributed by atoms with E-state index in [0.29, 0.717) is 12.1 Å². The first-order valence-corrected chi connectivity index (χ1v) is 11.9. The summed E-state index contributed by atoms with van der Waals surface area (Å²) in [6.45, 7) is 1.97. The molecule has 1 aliphatic rings. The van der Waals surface area contributed by atoms with Gasteiger partial charge in [0.1, 0.15) is 6.04 Å². The second-order valence-corrected chi connectivity index (χ2v) is 9.68. The van der Waals surface area contributed by atoms with Crippen molar-refractivity contribution in [3.05, 3.63) is 96.1 Å². The smallest absolute Gasteiger partial charge is 0.252 e. The number of carbonyl (C=O) groups excluding carboxylic acids is 2. The Kier molecular flexibility index (Phi) is 6.21. The molecule has 0 N–H and O–H groups in total. The molecular weight excluding hydrogens is 424 g/mol. The van der Waals surface area contributed by atoms with Crippen molar-refractivity contribution >= 4 is 27.5 Å². The van der Waals surface area contributed by atoms with Crippen molar-refractivity contribution in [2.24, 2.45) is 0 Å². The Hall–Kier alpha value is -3.29. The van der Waals surface area contributed by atoms with E-state index in [1.807, 2.05) is 37.3 Å². The van der Waals surface area contributed by atoms with E-state index in [4.69, 9.17) is 0 Å². The normalized spacial score (nSPS) is 16.7. The first-order valence-electron chi connectivity index (χ1n) is 10.4. The van der Waals surface area contributed by atoms with Gasteiger partial charge < -0.3 is 0 Å². The number of sulfonamides is 1. The standard InChI is InChI=1S/C25H24N2O4S/c1-19-12-14-22(15-13-19)32(30,31)26(17-16-20-8-4-2-5-9-20)23-18-24(28)27(25(23)29)21-10-6-3-7-11-21/h2-15,23H,16-18H2,1H3. The van der Waals surface area contributed by atoms with E-state index in [1.165, 1.54) is 16.4 Å². The van der Waals surface area contributed by atoms with Gasteiger partial charge in [-0.1, -0.05) is 66.2 Å². The highest BCUT2D eigenvalue weighted by atomic mass is 32.2. The molecule has 1 aliphatic heterocycles. The third-order valence-corrected chi connectivity index (χ3v) is 7.50. The second-order valence-electron chi connectivity index (χ2n) is 7.79. The molecule has 0 aliphatic carbocycles. The zero-order valence-corrected chi connectivity index (χ0v) is 18.5. The lowest BCUT2D eigenvalue weighted by Crippen LogP contribution is -2.46. The fraction of sp³-hybridized carbons (Fsp3) is 0.200. The Labute approximate surface area is 188 Å². The van der Waals surface area contributed by atoms with E-state index in [1.54, 1.807) is 42.5 Å². The van der Waals surface area contributed by atoms with E-state index in [-0.39, 0.29) is 17.9 Å². The quantitative estimate of drug-likeness (QED) is 0.518. The molecule has 3 aromatic carbocycles. The molecule has 3 aromatic rings. The summed E-state index contributed by atoms with van der Waals surface area (Å²) in [5.41, 5.74) is 2.33. The molecular formula is C25H24N2O4S. The van der Waals surface area contributed by atoms with Crippen LogP contribution in [0.15, 0.2) is 89.8 Å². The number of aryl methyl sites for hydroxylation is 1. The van der Waals surface area contributed by atoms with Gasteiger partial charge in [-0.15, -0.1) is 0 Å². The van der Waals surface area contributed by atoms with Crippen molar-refractivity contribution < 1.29 is 18.0 Å². The van der Waals surface area contributed by atoms with Crippen molar-refractivity contribution in [3.63, 3.8) is 0 Å². The summed E-state index contributed by atoms with van der Waals surface area (Å²) in [5, 5.41) is 0. The van der Waals surface area contributed by atoms with Crippen LogP contribution in [0.1, 0.15) is 17.5 Å². The highest BCUT2D eigenvalue weighted by molar-refractivity contribution is 7.89. The van der Waals surface area contributed by atoms with E-state index < -0.39 is 27.9 Å². The molecule has 1 atom stereocenters. The topological polar surface area (TPSA) is 74.8 Å². The molecule has 0 spiro atoms. The van der Waals surface area contributed by atoms with Crippen molar-refractivity contribution in [2.75, 3.05) is 11.4 Å². The Morgan fingerprint density at radius 2 is 1.47 bits per heavy atom. The van der Waals surface area contributed by atoms with Crippen LogP contribution in [-0.2, 0) is 26.0 Å². The summed E-state index contributed by atoms with van der Waals surface area (Å²) in [6.07, 6.45) is 0.239. The van der Waals surface area contributed by atoms with Crippen molar-refractivity contribution in [3.8, 4) is 0 Å². The molecule has 0 saturated carbocycles. The minimum atomic E-state index is -4.00. The third-order valence-electron chi connectivity index (χ3n) is 5.58. The first-order chi connectivity index (χ1) is 15.4. The summed E-state index contributed by atoms with van der Waals surface area (Å²) in [4.78, 5) is 27.3. The molecule has 32 heavy (non-hydrogen) atoms. The molecule has 164 valence electrons. The van der Waals surface area contributed by atoms with Gasteiger partial charge in [0.15, 0.2) is 0 Å². The number of hydrogen-bond donors (Lipinski definition) is 0. The van der Waals surface area contributed by atoms with Gasteiger partial charge in [0.05, 0.1) is 17.0 Å². The number of imide groups is 1. The average Bonchev–Trinajstić information content (AvgIpc) is 3.09. The highest BCUT2D eigenvalue weighted by Crippen LogP contribution is 2.29. The number of benzene rings is 3. The fourth-order valence-electron chi connectivity index (χ4n) is 3.86. The average molecular weight is 449 g/mol. The zero-order chi connectivity index (χ0) is 22.7. The van der Waals surface area contributed by atoms with E-state index in [2.05, 4.69) is 0 Å². The summed E-state index contributed by atoms with van der Waals surface area (Å²) in [5.74, 6) is -0.931. The maximum Gasteiger partial charge on any atom is 0.252 e. The lowest BCUT2D eigenvalue weighted by Gasteiger charge is -2.27. The SMILES string of the molecule is Cc1ccc(S(=O)(=O)N(CCc2ccccc2)C2CC(=O)N(c3ccccc3)C2=O)cc1. The molecule has 0 bridgehead atoms. The third kappa shape index (κ3) is 4.35. The molecule has 4 rings (SSSR count). The Morgan fingerprint density at radius 1 is 0.875 bits per heavy atom. The number of anilines is 1. The summed E-state index contributed by atoms with van der Waals surface area (Å²) in [6, 6.07) is 23.5. The zero-order valence-electron chi connectivity index (χ0n) is 17.7. The Morgan fingerprint density at radius 3 is 2.09 bits per heavy atom. The predicted molar refractivity (Wildman–Crippen MR) is 123 cm³/mol. The van der Waals surface area contributed by atoms with E-state index in [9.17, 15) is 18.0 Å². The molecule has 7 heteroatoms. The molecule has 0 aromatic heterocycles.